The number of aliphatic hydroxyl groups excluding tert-OH is 1. The molecule has 0 radical (unpaired) electrons. The number of aliphatic hydroxyl groups is 2. The molecule has 2 aliphatic heterocycles. The van der Waals surface area contributed by atoms with Gasteiger partial charge in [-0.25, -0.2) is 0 Å². The molecule has 158 valence electrons. The van der Waals surface area contributed by atoms with Gasteiger partial charge in [0.25, 0.3) is 5.91 Å². The lowest BCUT2D eigenvalue weighted by atomic mass is 9.52. The Bertz CT molecular complexity index is 878. The second kappa shape index (κ2) is 6.83. The number of rotatable bonds is 3. The summed E-state index contributed by atoms with van der Waals surface area (Å²) in [5, 5.41) is 23.1. The maximum absolute atomic E-state index is 12.2. The number of benzene rings is 1. The van der Waals surface area contributed by atoms with E-state index in [1.165, 1.54) is 5.57 Å². The highest BCUT2D eigenvalue weighted by atomic mass is 16.5. The number of primary amides is 1. The molecular weight excluding hydrogens is 368 g/mol. The Morgan fingerprint density at radius 2 is 2.10 bits per heavy atom. The number of carbonyl (C=O) groups excluding carboxylic acids is 1. The van der Waals surface area contributed by atoms with Crippen LogP contribution in [0.25, 0.3) is 0 Å². The van der Waals surface area contributed by atoms with Crippen molar-refractivity contribution in [2.45, 2.75) is 76.2 Å². The number of allylic oxidation sites excluding steroid dienone is 1. The Kier molecular flexibility index (Phi) is 4.80. The number of hydrogen-bond donors (Lipinski definition) is 3. The van der Waals surface area contributed by atoms with Gasteiger partial charge in [0.15, 0.2) is 0 Å². The lowest BCUT2D eigenvalue weighted by Gasteiger charge is -2.60. The third-order valence-electron chi connectivity index (χ3n) is 7.52. The minimum atomic E-state index is -1.07. The summed E-state index contributed by atoms with van der Waals surface area (Å²) in [6, 6.07) is 3.44. The molecule has 29 heavy (non-hydrogen) atoms. The van der Waals surface area contributed by atoms with Crippen LogP contribution in [0.5, 0.6) is 5.75 Å². The van der Waals surface area contributed by atoms with Crippen molar-refractivity contribution < 1.29 is 19.7 Å². The number of hydrogen-bond acceptors (Lipinski definition) is 5. The SMILES string of the molecule is CC(C)=CCN1CC[C@]23c4c(C)ccc(C(N)=O)c4O[C@H]2[C@H](O)CC[C@@]3(O)[C@H]1C. The first-order chi connectivity index (χ1) is 13.6. The van der Waals surface area contributed by atoms with Crippen LogP contribution in [0.1, 0.15) is 61.5 Å². The second-order valence-electron chi connectivity index (χ2n) is 9.24. The molecule has 1 amide bonds. The molecule has 3 aliphatic rings. The molecule has 4 rings (SSSR count). The van der Waals surface area contributed by atoms with E-state index in [-0.39, 0.29) is 6.04 Å². The third kappa shape index (κ3) is 2.69. The van der Waals surface area contributed by atoms with E-state index in [0.717, 1.165) is 24.2 Å². The average molecular weight is 401 g/mol. The number of ether oxygens (including phenoxy) is 1. The molecule has 2 fully saturated rings. The predicted molar refractivity (Wildman–Crippen MR) is 111 cm³/mol. The predicted octanol–water partition coefficient (Wildman–Crippen LogP) is 2.04. The van der Waals surface area contributed by atoms with Gasteiger partial charge in [-0.05, 0) is 65.1 Å². The third-order valence-corrected chi connectivity index (χ3v) is 7.52. The highest BCUT2D eigenvalue weighted by molar-refractivity contribution is 5.96. The molecule has 0 bridgehead atoms. The molecule has 0 aromatic heterocycles. The van der Waals surface area contributed by atoms with Gasteiger partial charge in [-0.15, -0.1) is 0 Å². The van der Waals surface area contributed by atoms with Crippen molar-refractivity contribution in [1.29, 1.82) is 0 Å². The van der Waals surface area contributed by atoms with Crippen LogP contribution in [0, 0.1) is 6.92 Å². The summed E-state index contributed by atoms with van der Waals surface area (Å²) in [6.45, 7) is 9.76. The van der Waals surface area contributed by atoms with E-state index < -0.39 is 29.1 Å². The lowest BCUT2D eigenvalue weighted by molar-refractivity contribution is -0.198. The molecule has 2 heterocycles. The van der Waals surface area contributed by atoms with Crippen LogP contribution >= 0.6 is 0 Å². The number of fused-ring (bicyclic) bond motifs is 1. The highest BCUT2D eigenvalue weighted by Gasteiger charge is 2.70. The van der Waals surface area contributed by atoms with Crippen molar-refractivity contribution in [2.75, 3.05) is 13.1 Å². The monoisotopic (exact) mass is 400 g/mol. The summed E-state index contributed by atoms with van der Waals surface area (Å²) >= 11 is 0. The fraction of sp³-hybridized carbons (Fsp3) is 0.609. The Morgan fingerprint density at radius 3 is 2.76 bits per heavy atom. The van der Waals surface area contributed by atoms with Gasteiger partial charge < -0.3 is 20.7 Å². The lowest BCUT2D eigenvalue weighted by Crippen LogP contribution is -2.74. The Morgan fingerprint density at radius 1 is 1.38 bits per heavy atom. The van der Waals surface area contributed by atoms with Crippen molar-refractivity contribution in [2.24, 2.45) is 5.73 Å². The summed E-state index contributed by atoms with van der Waals surface area (Å²) in [7, 11) is 0. The smallest absolute Gasteiger partial charge is 0.252 e. The van der Waals surface area contributed by atoms with Gasteiger partial charge in [-0.3, -0.25) is 9.69 Å². The maximum atomic E-state index is 12.2. The van der Waals surface area contributed by atoms with E-state index in [9.17, 15) is 15.0 Å². The summed E-state index contributed by atoms with van der Waals surface area (Å²) in [5.41, 5.74) is 7.18. The zero-order valence-corrected chi connectivity index (χ0v) is 17.7. The zero-order valence-electron chi connectivity index (χ0n) is 17.7. The molecule has 4 N–H and O–H groups in total. The largest absolute Gasteiger partial charge is 0.486 e. The van der Waals surface area contributed by atoms with E-state index >= 15 is 0 Å². The first kappa shape index (κ1) is 20.4. The van der Waals surface area contributed by atoms with Crippen LogP contribution in [-0.2, 0) is 5.41 Å². The van der Waals surface area contributed by atoms with E-state index in [4.69, 9.17) is 10.5 Å². The standard InChI is InChI=1S/C23H32N2O4/c1-13(2)8-11-25-12-10-22-18-14(3)5-6-16(21(24)27)19(18)29-20(22)17(26)7-9-23(22,28)15(25)4/h5-6,8,15,17,20,26,28H,7,9-12H2,1-4H3,(H2,24,27)/t15-,17-,20+,22+,23-/m1/s1. The van der Waals surface area contributed by atoms with Crippen molar-refractivity contribution in [1.82, 2.24) is 4.90 Å². The van der Waals surface area contributed by atoms with E-state index in [0.29, 0.717) is 30.6 Å². The number of amides is 1. The molecule has 6 nitrogen and oxygen atoms in total. The maximum Gasteiger partial charge on any atom is 0.252 e. The average Bonchev–Trinajstić information content (AvgIpc) is 3.01. The Balaban J connectivity index is 1.88. The van der Waals surface area contributed by atoms with Crippen molar-refractivity contribution in [3.05, 3.63) is 40.5 Å². The summed E-state index contributed by atoms with van der Waals surface area (Å²) in [5.74, 6) is -0.102. The highest BCUT2D eigenvalue weighted by Crippen LogP contribution is 2.61. The van der Waals surface area contributed by atoms with Crippen LogP contribution in [0.3, 0.4) is 0 Å². The molecule has 1 saturated heterocycles. The quantitative estimate of drug-likeness (QED) is 0.675. The van der Waals surface area contributed by atoms with Crippen LogP contribution in [0.2, 0.25) is 0 Å². The normalized spacial score (nSPS) is 35.9. The van der Waals surface area contributed by atoms with E-state index in [2.05, 4.69) is 31.7 Å². The van der Waals surface area contributed by atoms with Crippen molar-refractivity contribution >= 4 is 5.91 Å². The molecule has 1 aromatic rings. The van der Waals surface area contributed by atoms with Gasteiger partial charge in [-0.2, -0.15) is 0 Å². The molecule has 5 atom stereocenters. The van der Waals surface area contributed by atoms with Crippen LogP contribution < -0.4 is 10.5 Å². The first-order valence-electron chi connectivity index (χ1n) is 10.5. The van der Waals surface area contributed by atoms with E-state index in [1.807, 2.05) is 13.0 Å². The van der Waals surface area contributed by atoms with Crippen LogP contribution in [0.15, 0.2) is 23.8 Å². The van der Waals surface area contributed by atoms with Gasteiger partial charge in [-0.1, -0.05) is 17.7 Å². The van der Waals surface area contributed by atoms with Crippen molar-refractivity contribution in [3.63, 3.8) is 0 Å². The second-order valence-corrected chi connectivity index (χ2v) is 9.24. The van der Waals surface area contributed by atoms with Gasteiger partial charge >= 0.3 is 0 Å². The number of nitrogens with two attached hydrogens (primary N) is 1. The molecule has 1 aromatic carbocycles. The zero-order chi connectivity index (χ0) is 21.1. The number of likely N-dealkylation sites (tertiary alicyclic amines) is 1. The Labute approximate surface area is 172 Å². The summed E-state index contributed by atoms with van der Waals surface area (Å²) in [6.07, 6.45) is 2.51. The summed E-state index contributed by atoms with van der Waals surface area (Å²) in [4.78, 5) is 14.4. The molecular formula is C23H32N2O4. The Hall–Kier alpha value is -1.89. The minimum absolute atomic E-state index is 0.118. The molecule has 0 unspecified atom stereocenters. The first-order valence-corrected chi connectivity index (χ1v) is 10.5. The fourth-order valence-corrected chi connectivity index (χ4v) is 5.96. The molecule has 1 spiro atoms. The van der Waals surface area contributed by atoms with Gasteiger partial charge in [0.05, 0.1) is 22.7 Å². The van der Waals surface area contributed by atoms with Crippen LogP contribution in [-0.4, -0.2) is 58.0 Å². The van der Waals surface area contributed by atoms with Gasteiger partial charge in [0.1, 0.15) is 11.9 Å². The molecule has 6 heteroatoms. The number of piperidine rings is 1. The number of nitrogens with zero attached hydrogens (tertiary/aromatic N) is 1. The van der Waals surface area contributed by atoms with E-state index in [1.54, 1.807) is 6.07 Å². The number of carbonyl (C=O) groups is 1. The fourth-order valence-electron chi connectivity index (χ4n) is 5.96. The molecule has 1 aliphatic carbocycles. The van der Waals surface area contributed by atoms with Gasteiger partial charge in [0.2, 0.25) is 0 Å². The topological polar surface area (TPSA) is 96.0 Å². The summed E-state index contributed by atoms with van der Waals surface area (Å²) < 4.78 is 6.26. The minimum Gasteiger partial charge on any atom is -0.486 e. The number of aryl methyl sites for hydroxylation is 1. The van der Waals surface area contributed by atoms with Crippen molar-refractivity contribution in [3.8, 4) is 5.75 Å². The van der Waals surface area contributed by atoms with Crippen LogP contribution in [0.4, 0.5) is 0 Å². The van der Waals surface area contributed by atoms with Gasteiger partial charge in [0, 0.05) is 18.2 Å². The molecule has 1 saturated carbocycles.